The summed E-state index contributed by atoms with van der Waals surface area (Å²) < 4.78 is 1.77. The summed E-state index contributed by atoms with van der Waals surface area (Å²) in [7, 11) is 0. The molecule has 18 heavy (non-hydrogen) atoms. The Balaban J connectivity index is 2.32. The van der Waals surface area contributed by atoms with Crippen molar-refractivity contribution in [3.63, 3.8) is 0 Å². The summed E-state index contributed by atoms with van der Waals surface area (Å²) in [5.41, 5.74) is 1.81. The van der Waals surface area contributed by atoms with Crippen molar-refractivity contribution < 1.29 is 5.11 Å². The van der Waals surface area contributed by atoms with Gasteiger partial charge in [0.15, 0.2) is 0 Å². The fourth-order valence-corrected chi connectivity index (χ4v) is 1.92. The molecule has 1 aromatic heterocycles. The number of nitrogens with zero attached hydrogens (tertiary/aromatic N) is 2. The molecule has 0 radical (unpaired) electrons. The van der Waals surface area contributed by atoms with Crippen LogP contribution >= 0.6 is 23.2 Å². The first-order valence-corrected chi connectivity index (χ1v) is 6.24. The van der Waals surface area contributed by atoms with Crippen LogP contribution in [0.4, 0.5) is 5.82 Å². The van der Waals surface area contributed by atoms with E-state index in [1.54, 1.807) is 16.8 Å². The van der Waals surface area contributed by atoms with Gasteiger partial charge in [-0.2, -0.15) is 5.10 Å². The van der Waals surface area contributed by atoms with E-state index >= 15 is 0 Å². The average molecular weight is 286 g/mol. The third-order valence-electron chi connectivity index (χ3n) is 2.45. The number of halogens is 2. The quantitative estimate of drug-likeness (QED) is 0.908. The molecule has 6 heteroatoms. The molecular weight excluding hydrogens is 273 g/mol. The molecule has 4 nitrogen and oxygen atoms in total. The monoisotopic (exact) mass is 285 g/mol. The standard InChI is InChI=1S/C12H13Cl2N3O/c1-8-6-12(15-4-5-18)16-17(8)9-2-3-10(13)11(14)7-9/h2-3,6-7,18H,4-5H2,1H3,(H,15,16). The van der Waals surface area contributed by atoms with E-state index in [4.69, 9.17) is 28.3 Å². The topological polar surface area (TPSA) is 50.1 Å². The first-order valence-electron chi connectivity index (χ1n) is 5.48. The Morgan fingerprint density at radius 3 is 2.72 bits per heavy atom. The normalized spacial score (nSPS) is 10.7. The van der Waals surface area contributed by atoms with Gasteiger partial charge in [0, 0.05) is 18.3 Å². The first-order chi connectivity index (χ1) is 8.61. The number of aromatic nitrogens is 2. The Morgan fingerprint density at radius 2 is 2.06 bits per heavy atom. The summed E-state index contributed by atoms with van der Waals surface area (Å²) in [5.74, 6) is 0.715. The van der Waals surface area contributed by atoms with Crippen LogP contribution < -0.4 is 5.32 Å². The molecule has 2 rings (SSSR count). The second kappa shape index (κ2) is 5.61. The highest BCUT2D eigenvalue weighted by atomic mass is 35.5. The molecule has 1 aromatic carbocycles. The first kappa shape index (κ1) is 13.2. The SMILES string of the molecule is Cc1cc(NCCO)nn1-c1ccc(Cl)c(Cl)c1. The molecule has 2 aromatic rings. The van der Waals surface area contributed by atoms with Crippen LogP contribution in [0.1, 0.15) is 5.69 Å². The molecule has 0 fully saturated rings. The maximum atomic E-state index is 8.76. The molecule has 1 heterocycles. The van der Waals surface area contributed by atoms with Crippen LogP contribution in [0.2, 0.25) is 10.0 Å². The Bertz CT molecular complexity index is 554. The van der Waals surface area contributed by atoms with Crippen LogP contribution in [0.15, 0.2) is 24.3 Å². The number of aliphatic hydroxyl groups is 1. The number of aliphatic hydroxyl groups excluding tert-OH is 1. The Morgan fingerprint density at radius 1 is 1.28 bits per heavy atom. The number of hydrogen-bond donors (Lipinski definition) is 2. The molecule has 0 spiro atoms. The smallest absolute Gasteiger partial charge is 0.148 e. The number of hydrogen-bond acceptors (Lipinski definition) is 3. The fraction of sp³-hybridized carbons (Fsp3) is 0.250. The van der Waals surface area contributed by atoms with Crippen molar-refractivity contribution in [2.75, 3.05) is 18.5 Å². The van der Waals surface area contributed by atoms with E-state index in [9.17, 15) is 0 Å². The van der Waals surface area contributed by atoms with Crippen molar-refractivity contribution in [1.82, 2.24) is 9.78 Å². The third kappa shape index (κ3) is 2.77. The number of benzene rings is 1. The van der Waals surface area contributed by atoms with Gasteiger partial charge >= 0.3 is 0 Å². The predicted molar refractivity (Wildman–Crippen MR) is 73.9 cm³/mol. The molecule has 0 aliphatic carbocycles. The van der Waals surface area contributed by atoms with E-state index in [1.165, 1.54) is 0 Å². The molecule has 0 unspecified atom stereocenters. The van der Waals surface area contributed by atoms with E-state index in [2.05, 4.69) is 10.4 Å². The molecule has 0 saturated heterocycles. The molecule has 0 aliphatic heterocycles. The molecule has 0 amide bonds. The molecule has 0 aliphatic rings. The highest BCUT2D eigenvalue weighted by Gasteiger charge is 2.07. The zero-order valence-electron chi connectivity index (χ0n) is 9.82. The Hall–Kier alpha value is -1.23. The van der Waals surface area contributed by atoms with Gasteiger partial charge in [0.1, 0.15) is 5.82 Å². The van der Waals surface area contributed by atoms with E-state index in [0.29, 0.717) is 22.4 Å². The van der Waals surface area contributed by atoms with Gasteiger partial charge in [0.25, 0.3) is 0 Å². The van der Waals surface area contributed by atoms with Crippen LogP contribution in [0.5, 0.6) is 0 Å². The minimum Gasteiger partial charge on any atom is -0.395 e. The maximum absolute atomic E-state index is 8.76. The maximum Gasteiger partial charge on any atom is 0.148 e. The minimum absolute atomic E-state index is 0.0681. The fourth-order valence-electron chi connectivity index (χ4n) is 1.62. The van der Waals surface area contributed by atoms with Gasteiger partial charge in [-0.3, -0.25) is 0 Å². The van der Waals surface area contributed by atoms with Crippen LogP contribution in [0.3, 0.4) is 0 Å². The van der Waals surface area contributed by atoms with Crippen LogP contribution in [0.25, 0.3) is 5.69 Å². The summed E-state index contributed by atoms with van der Waals surface area (Å²) in [6, 6.07) is 7.25. The average Bonchev–Trinajstić information content (AvgIpc) is 2.71. The zero-order chi connectivity index (χ0) is 13.1. The van der Waals surface area contributed by atoms with Crippen molar-refractivity contribution in [2.24, 2.45) is 0 Å². The predicted octanol–water partition coefficient (Wildman–Crippen LogP) is 2.89. The van der Waals surface area contributed by atoms with Gasteiger partial charge in [-0.25, -0.2) is 4.68 Å². The molecule has 0 saturated carbocycles. The van der Waals surface area contributed by atoms with E-state index < -0.39 is 0 Å². The summed E-state index contributed by atoms with van der Waals surface area (Å²) in [4.78, 5) is 0. The summed E-state index contributed by atoms with van der Waals surface area (Å²) in [6.07, 6.45) is 0. The van der Waals surface area contributed by atoms with E-state index in [-0.39, 0.29) is 6.61 Å². The number of nitrogens with one attached hydrogen (secondary N) is 1. The lowest BCUT2D eigenvalue weighted by atomic mass is 10.3. The third-order valence-corrected chi connectivity index (χ3v) is 3.19. The second-order valence-electron chi connectivity index (χ2n) is 3.83. The number of rotatable bonds is 4. The van der Waals surface area contributed by atoms with Crippen molar-refractivity contribution >= 4 is 29.0 Å². The van der Waals surface area contributed by atoms with Crippen molar-refractivity contribution in [3.05, 3.63) is 40.0 Å². The Kier molecular flexibility index (Phi) is 4.11. The van der Waals surface area contributed by atoms with Gasteiger partial charge < -0.3 is 10.4 Å². The van der Waals surface area contributed by atoms with Crippen LogP contribution in [-0.4, -0.2) is 28.0 Å². The van der Waals surface area contributed by atoms with E-state index in [1.807, 2.05) is 19.1 Å². The Labute approximate surface area is 115 Å². The minimum atomic E-state index is 0.0681. The van der Waals surface area contributed by atoms with Gasteiger partial charge in [-0.1, -0.05) is 23.2 Å². The van der Waals surface area contributed by atoms with Gasteiger partial charge in [0.05, 0.1) is 22.3 Å². The highest BCUT2D eigenvalue weighted by molar-refractivity contribution is 6.42. The van der Waals surface area contributed by atoms with Gasteiger partial charge in [-0.05, 0) is 25.1 Å². The van der Waals surface area contributed by atoms with Crippen molar-refractivity contribution in [1.29, 1.82) is 0 Å². The van der Waals surface area contributed by atoms with Gasteiger partial charge in [-0.15, -0.1) is 0 Å². The molecular formula is C12H13Cl2N3O. The largest absolute Gasteiger partial charge is 0.395 e. The van der Waals surface area contributed by atoms with Crippen molar-refractivity contribution in [3.8, 4) is 5.69 Å². The van der Waals surface area contributed by atoms with Crippen LogP contribution in [-0.2, 0) is 0 Å². The summed E-state index contributed by atoms with van der Waals surface area (Å²) in [6.45, 7) is 2.48. The lowest BCUT2D eigenvalue weighted by Crippen LogP contribution is -2.06. The zero-order valence-corrected chi connectivity index (χ0v) is 11.3. The highest BCUT2D eigenvalue weighted by Crippen LogP contribution is 2.25. The second-order valence-corrected chi connectivity index (χ2v) is 4.65. The summed E-state index contributed by atoms with van der Waals surface area (Å²) in [5, 5.41) is 17.2. The summed E-state index contributed by atoms with van der Waals surface area (Å²) >= 11 is 11.9. The molecule has 2 N–H and O–H groups in total. The lowest BCUT2D eigenvalue weighted by Gasteiger charge is -2.05. The van der Waals surface area contributed by atoms with E-state index in [0.717, 1.165) is 11.4 Å². The lowest BCUT2D eigenvalue weighted by molar-refractivity contribution is 0.311. The van der Waals surface area contributed by atoms with Crippen LogP contribution in [0, 0.1) is 6.92 Å². The number of anilines is 1. The van der Waals surface area contributed by atoms with Gasteiger partial charge in [0.2, 0.25) is 0 Å². The number of aryl methyl sites for hydroxylation is 1. The molecule has 0 bridgehead atoms. The molecule has 96 valence electrons. The molecule has 0 atom stereocenters. The van der Waals surface area contributed by atoms with Crippen molar-refractivity contribution in [2.45, 2.75) is 6.92 Å².